The normalized spacial score (nSPS) is 10.8. The summed E-state index contributed by atoms with van der Waals surface area (Å²) in [6, 6.07) is 14.7. The van der Waals surface area contributed by atoms with Crippen molar-refractivity contribution >= 4 is 17.7 Å². The van der Waals surface area contributed by atoms with Gasteiger partial charge < -0.3 is 14.6 Å². The Labute approximate surface area is 145 Å². The van der Waals surface area contributed by atoms with E-state index < -0.39 is 0 Å². The standard InChI is InChI=1S/C19H17N3O3/c1-13-20-19(25-22-13)16-5-3-4-6-17(16)21-18(23)12-9-14-7-10-15(24-2)11-8-14/h3-12H,1-2H3,(H,21,23)/b12-9+. The molecule has 0 bridgehead atoms. The van der Waals surface area contributed by atoms with Gasteiger partial charge in [-0.2, -0.15) is 4.98 Å². The maximum absolute atomic E-state index is 12.2. The molecule has 2 aromatic carbocycles. The highest BCUT2D eigenvalue weighted by Gasteiger charge is 2.12. The van der Waals surface area contributed by atoms with Crippen molar-refractivity contribution in [2.75, 3.05) is 12.4 Å². The number of amides is 1. The zero-order valence-electron chi connectivity index (χ0n) is 13.9. The van der Waals surface area contributed by atoms with E-state index in [1.807, 2.05) is 42.5 Å². The first kappa shape index (κ1) is 16.4. The van der Waals surface area contributed by atoms with Crippen molar-refractivity contribution in [3.63, 3.8) is 0 Å². The van der Waals surface area contributed by atoms with Crippen molar-refractivity contribution in [2.45, 2.75) is 6.92 Å². The molecule has 25 heavy (non-hydrogen) atoms. The highest BCUT2D eigenvalue weighted by atomic mass is 16.5. The maximum Gasteiger partial charge on any atom is 0.260 e. The number of methoxy groups -OCH3 is 1. The van der Waals surface area contributed by atoms with Gasteiger partial charge in [0.25, 0.3) is 5.89 Å². The third kappa shape index (κ3) is 4.11. The van der Waals surface area contributed by atoms with Gasteiger partial charge in [-0.1, -0.05) is 29.4 Å². The van der Waals surface area contributed by atoms with E-state index in [1.165, 1.54) is 6.08 Å². The number of ether oxygens (including phenoxy) is 1. The Kier molecular flexibility index (Phi) is 4.89. The predicted molar refractivity (Wildman–Crippen MR) is 95.1 cm³/mol. The Morgan fingerprint density at radius 2 is 1.92 bits per heavy atom. The molecule has 0 aliphatic carbocycles. The minimum Gasteiger partial charge on any atom is -0.497 e. The van der Waals surface area contributed by atoms with Crippen molar-refractivity contribution < 1.29 is 14.1 Å². The Morgan fingerprint density at radius 3 is 2.60 bits per heavy atom. The van der Waals surface area contributed by atoms with Crippen molar-refractivity contribution in [1.29, 1.82) is 0 Å². The number of hydrogen-bond acceptors (Lipinski definition) is 5. The fraction of sp³-hybridized carbons (Fsp3) is 0.105. The third-order valence-corrected chi connectivity index (χ3v) is 3.49. The summed E-state index contributed by atoms with van der Waals surface area (Å²) in [4.78, 5) is 16.4. The lowest BCUT2D eigenvalue weighted by atomic mass is 10.1. The van der Waals surface area contributed by atoms with Crippen molar-refractivity contribution in [1.82, 2.24) is 10.1 Å². The second kappa shape index (κ2) is 7.44. The van der Waals surface area contributed by atoms with Crippen LogP contribution in [0.3, 0.4) is 0 Å². The van der Waals surface area contributed by atoms with Crippen molar-refractivity contribution in [3.05, 3.63) is 66.0 Å². The molecular weight excluding hydrogens is 318 g/mol. The number of aryl methyl sites for hydroxylation is 1. The lowest BCUT2D eigenvalue weighted by Crippen LogP contribution is -2.08. The van der Waals surface area contributed by atoms with E-state index in [4.69, 9.17) is 9.26 Å². The van der Waals surface area contributed by atoms with Gasteiger partial charge in [-0.05, 0) is 42.8 Å². The average Bonchev–Trinajstić information content (AvgIpc) is 3.07. The van der Waals surface area contributed by atoms with Crippen molar-refractivity contribution in [3.8, 4) is 17.2 Å². The molecule has 0 aliphatic heterocycles. The number of para-hydroxylation sites is 1. The monoisotopic (exact) mass is 335 g/mol. The van der Waals surface area contributed by atoms with E-state index in [1.54, 1.807) is 26.2 Å². The second-order valence-corrected chi connectivity index (χ2v) is 5.29. The van der Waals surface area contributed by atoms with E-state index >= 15 is 0 Å². The summed E-state index contributed by atoms with van der Waals surface area (Å²) in [5, 5.41) is 6.61. The van der Waals surface area contributed by atoms with Gasteiger partial charge in [0.05, 0.1) is 18.4 Å². The lowest BCUT2D eigenvalue weighted by Gasteiger charge is -2.06. The smallest absolute Gasteiger partial charge is 0.260 e. The van der Waals surface area contributed by atoms with Gasteiger partial charge in [0.2, 0.25) is 5.91 Å². The molecule has 6 heteroatoms. The molecule has 0 radical (unpaired) electrons. The zero-order chi connectivity index (χ0) is 17.6. The minimum atomic E-state index is -0.250. The minimum absolute atomic E-state index is 0.250. The summed E-state index contributed by atoms with van der Waals surface area (Å²) in [7, 11) is 1.61. The van der Waals surface area contributed by atoms with Gasteiger partial charge in [-0.15, -0.1) is 0 Å². The highest BCUT2D eigenvalue weighted by molar-refractivity contribution is 6.03. The van der Waals surface area contributed by atoms with Crippen LogP contribution in [0.15, 0.2) is 59.1 Å². The summed E-state index contributed by atoms with van der Waals surface area (Å²) in [6.45, 7) is 1.74. The molecule has 3 aromatic rings. The van der Waals surface area contributed by atoms with Crippen LogP contribution in [0, 0.1) is 6.92 Å². The molecular formula is C19H17N3O3. The van der Waals surface area contributed by atoms with E-state index in [0.717, 1.165) is 11.3 Å². The van der Waals surface area contributed by atoms with Gasteiger partial charge in [0.15, 0.2) is 5.82 Å². The van der Waals surface area contributed by atoms with Gasteiger partial charge in [-0.3, -0.25) is 4.79 Å². The molecule has 3 rings (SSSR count). The van der Waals surface area contributed by atoms with Gasteiger partial charge in [0.1, 0.15) is 5.75 Å². The van der Waals surface area contributed by atoms with E-state index in [2.05, 4.69) is 15.5 Å². The Morgan fingerprint density at radius 1 is 1.16 bits per heavy atom. The fourth-order valence-corrected chi connectivity index (χ4v) is 2.25. The molecule has 1 heterocycles. The fourth-order valence-electron chi connectivity index (χ4n) is 2.25. The van der Waals surface area contributed by atoms with Crippen molar-refractivity contribution in [2.24, 2.45) is 0 Å². The number of nitrogens with zero attached hydrogens (tertiary/aromatic N) is 2. The van der Waals surface area contributed by atoms with Crippen LogP contribution >= 0.6 is 0 Å². The number of aromatic nitrogens is 2. The molecule has 1 aromatic heterocycles. The van der Waals surface area contributed by atoms with Crippen LogP contribution in [-0.4, -0.2) is 23.2 Å². The number of rotatable bonds is 5. The number of nitrogens with one attached hydrogen (secondary N) is 1. The molecule has 0 spiro atoms. The van der Waals surface area contributed by atoms with E-state index in [-0.39, 0.29) is 5.91 Å². The zero-order valence-corrected chi connectivity index (χ0v) is 13.9. The molecule has 1 N–H and O–H groups in total. The molecule has 0 atom stereocenters. The number of carbonyl (C=O) groups is 1. The molecule has 0 fully saturated rings. The number of hydrogen-bond donors (Lipinski definition) is 1. The van der Waals surface area contributed by atoms with E-state index in [9.17, 15) is 4.79 Å². The first-order valence-electron chi connectivity index (χ1n) is 7.68. The van der Waals surface area contributed by atoms with Crippen LogP contribution in [0.5, 0.6) is 5.75 Å². The van der Waals surface area contributed by atoms with Crippen LogP contribution in [0.1, 0.15) is 11.4 Å². The van der Waals surface area contributed by atoms with E-state index in [0.29, 0.717) is 23.0 Å². The highest BCUT2D eigenvalue weighted by Crippen LogP contribution is 2.26. The lowest BCUT2D eigenvalue weighted by molar-refractivity contribution is -0.111. The molecule has 0 unspecified atom stereocenters. The SMILES string of the molecule is COc1ccc(/C=C/C(=O)Nc2ccccc2-c2nc(C)no2)cc1. The molecule has 6 nitrogen and oxygen atoms in total. The van der Waals surface area contributed by atoms with Gasteiger partial charge in [-0.25, -0.2) is 0 Å². The Bertz CT molecular complexity index is 898. The summed E-state index contributed by atoms with van der Waals surface area (Å²) < 4.78 is 10.3. The summed E-state index contributed by atoms with van der Waals surface area (Å²) >= 11 is 0. The Balaban J connectivity index is 1.73. The number of carbonyl (C=O) groups excluding carboxylic acids is 1. The molecule has 0 aliphatic rings. The van der Waals surface area contributed by atoms with Crippen LogP contribution in [0.25, 0.3) is 17.5 Å². The first-order valence-corrected chi connectivity index (χ1v) is 7.68. The van der Waals surface area contributed by atoms with Crippen LogP contribution in [-0.2, 0) is 4.79 Å². The molecule has 0 saturated carbocycles. The molecule has 1 amide bonds. The van der Waals surface area contributed by atoms with Crippen LogP contribution in [0.2, 0.25) is 0 Å². The first-order chi connectivity index (χ1) is 12.2. The van der Waals surface area contributed by atoms with Gasteiger partial charge >= 0.3 is 0 Å². The summed E-state index contributed by atoms with van der Waals surface area (Å²) in [5.41, 5.74) is 2.18. The van der Waals surface area contributed by atoms with Gasteiger partial charge in [0, 0.05) is 6.08 Å². The van der Waals surface area contributed by atoms with Crippen LogP contribution < -0.4 is 10.1 Å². The van der Waals surface area contributed by atoms with Crippen LogP contribution in [0.4, 0.5) is 5.69 Å². The Hall–Kier alpha value is -3.41. The second-order valence-electron chi connectivity index (χ2n) is 5.29. The third-order valence-electron chi connectivity index (χ3n) is 3.49. The predicted octanol–water partition coefficient (Wildman–Crippen LogP) is 3.71. The number of anilines is 1. The largest absolute Gasteiger partial charge is 0.497 e. The average molecular weight is 335 g/mol. The topological polar surface area (TPSA) is 77.2 Å². The number of benzene rings is 2. The maximum atomic E-state index is 12.2. The molecule has 0 saturated heterocycles. The summed E-state index contributed by atoms with van der Waals surface area (Å²) in [5.74, 6) is 1.42. The summed E-state index contributed by atoms with van der Waals surface area (Å²) in [6.07, 6.45) is 3.20. The quantitative estimate of drug-likeness (QED) is 0.719. The molecule has 126 valence electrons.